The molecule has 13 heteroatoms. The van der Waals surface area contributed by atoms with Crippen LogP contribution in [-0.2, 0) is 9.53 Å². The third-order valence-electron chi connectivity index (χ3n) is 5.86. The topological polar surface area (TPSA) is 101 Å². The van der Waals surface area contributed by atoms with Crippen LogP contribution in [-0.4, -0.2) is 43.7 Å². The van der Waals surface area contributed by atoms with Crippen molar-refractivity contribution in [3.8, 4) is 11.8 Å². The second kappa shape index (κ2) is 10.5. The van der Waals surface area contributed by atoms with E-state index in [2.05, 4.69) is 37.1 Å². The van der Waals surface area contributed by atoms with Crippen LogP contribution in [0.2, 0.25) is 0 Å². The van der Waals surface area contributed by atoms with Crippen LogP contribution < -0.4 is 5.32 Å². The molecular weight excluding hydrogens is 532 g/mol. The average molecular weight is 550 g/mol. The first-order chi connectivity index (χ1) is 19.1. The molecule has 2 amide bonds. The number of carbonyl (C=O) groups excluding carboxylic acids is 2. The largest absolute Gasteiger partial charge is 0.491 e. The van der Waals surface area contributed by atoms with E-state index in [0.717, 1.165) is 16.6 Å². The number of alkyl halides is 3. The van der Waals surface area contributed by atoms with E-state index in [1.165, 1.54) is 18.2 Å². The number of hydrogen-bond acceptors (Lipinski definition) is 6. The van der Waals surface area contributed by atoms with E-state index in [1.54, 1.807) is 47.2 Å². The molecule has 1 atom stereocenters. The van der Waals surface area contributed by atoms with Gasteiger partial charge in [-0.3, -0.25) is 0 Å². The van der Waals surface area contributed by atoms with Gasteiger partial charge in [-0.05, 0) is 60.4 Å². The Morgan fingerprint density at radius 3 is 2.70 bits per heavy atom. The van der Waals surface area contributed by atoms with Crippen LogP contribution in [0.5, 0.6) is 0 Å². The minimum Gasteiger partial charge on any atom is -0.403 e. The Morgan fingerprint density at radius 1 is 1.10 bits per heavy atom. The number of ether oxygens (including phenoxy) is 1. The van der Waals surface area contributed by atoms with Gasteiger partial charge >= 0.3 is 18.2 Å². The van der Waals surface area contributed by atoms with Crippen LogP contribution in [0.4, 0.5) is 28.0 Å². The third-order valence-corrected chi connectivity index (χ3v) is 5.86. The van der Waals surface area contributed by atoms with Crippen LogP contribution in [0.15, 0.2) is 72.1 Å². The Labute approximate surface area is 224 Å². The molecule has 40 heavy (non-hydrogen) atoms. The Bertz CT molecular complexity index is 1720. The van der Waals surface area contributed by atoms with Crippen molar-refractivity contribution in [2.45, 2.75) is 25.6 Å². The highest BCUT2D eigenvalue weighted by molar-refractivity contribution is 5.96. The highest BCUT2D eigenvalue weighted by atomic mass is 19.4. The first kappa shape index (κ1) is 26.4. The maximum atomic E-state index is 13.9. The maximum Gasteiger partial charge on any atom is 0.491 e. The number of hydrazone groups is 1. The molecule has 3 heterocycles. The highest BCUT2D eigenvalue weighted by Gasteiger charge is 2.44. The maximum absolute atomic E-state index is 13.9. The fraction of sp³-hybridized carbons (Fsp3) is 0.148. The summed E-state index contributed by atoms with van der Waals surface area (Å²) in [4.78, 5) is 28.8. The summed E-state index contributed by atoms with van der Waals surface area (Å²) in [6.07, 6.45) is -2.45. The molecule has 1 aliphatic heterocycles. The van der Waals surface area contributed by atoms with Crippen LogP contribution in [0, 0.1) is 24.6 Å². The number of amides is 2. The molecular formula is C27H18F4N6O3. The zero-order chi connectivity index (χ0) is 28.4. The average Bonchev–Trinajstić information content (AvgIpc) is 3.53. The Balaban J connectivity index is 1.40. The lowest BCUT2D eigenvalue weighted by molar-refractivity contribution is -0.191. The number of hydrogen-bond donors (Lipinski definition) is 1. The van der Waals surface area contributed by atoms with Crippen molar-refractivity contribution in [1.82, 2.24) is 19.6 Å². The summed E-state index contributed by atoms with van der Waals surface area (Å²) in [6, 6.07) is 11.7. The Hall–Kier alpha value is -5.25. The number of aromatic nitrogens is 3. The fourth-order valence-corrected chi connectivity index (χ4v) is 3.93. The van der Waals surface area contributed by atoms with Gasteiger partial charge in [0.25, 0.3) is 0 Å². The van der Waals surface area contributed by atoms with Crippen molar-refractivity contribution < 1.29 is 31.9 Å². The minimum absolute atomic E-state index is 0.245. The number of aryl methyl sites for hydroxylation is 1. The zero-order valence-corrected chi connectivity index (χ0v) is 20.6. The van der Waals surface area contributed by atoms with Crippen LogP contribution >= 0.6 is 0 Å². The summed E-state index contributed by atoms with van der Waals surface area (Å²) in [5, 5.41) is 11.4. The van der Waals surface area contributed by atoms with Gasteiger partial charge in [-0.2, -0.15) is 18.3 Å². The molecule has 1 aliphatic rings. The molecule has 2 aromatic carbocycles. The number of nitrogens with one attached hydrogen (secondary N) is 1. The number of anilines is 1. The molecule has 9 nitrogen and oxygen atoms in total. The molecule has 5 rings (SSSR count). The lowest BCUT2D eigenvalue weighted by Crippen LogP contribution is -2.31. The number of carbonyl (C=O) groups is 2. The molecule has 0 spiro atoms. The Morgan fingerprint density at radius 2 is 1.93 bits per heavy atom. The Kier molecular flexibility index (Phi) is 6.91. The summed E-state index contributed by atoms with van der Waals surface area (Å²) in [6.45, 7) is 1.83. The highest BCUT2D eigenvalue weighted by Crippen LogP contribution is 2.33. The first-order valence-corrected chi connectivity index (χ1v) is 11.7. The predicted molar refractivity (Wildman–Crippen MR) is 134 cm³/mol. The van der Waals surface area contributed by atoms with E-state index >= 15 is 0 Å². The van der Waals surface area contributed by atoms with Gasteiger partial charge in [-0.1, -0.05) is 24.1 Å². The molecule has 0 radical (unpaired) electrons. The normalized spacial score (nSPS) is 14.9. The quantitative estimate of drug-likeness (QED) is 0.216. The van der Waals surface area contributed by atoms with E-state index in [9.17, 15) is 27.2 Å². The molecule has 1 N–H and O–H groups in total. The number of nitrogens with zero attached hydrogens (tertiary/aromatic N) is 5. The van der Waals surface area contributed by atoms with Crippen molar-refractivity contribution in [1.29, 1.82) is 0 Å². The van der Waals surface area contributed by atoms with Gasteiger partial charge in [-0.25, -0.2) is 28.5 Å². The summed E-state index contributed by atoms with van der Waals surface area (Å²) in [7, 11) is 0. The van der Waals surface area contributed by atoms with E-state index in [1.807, 2.05) is 6.92 Å². The molecule has 2 aromatic heterocycles. The second-order valence-electron chi connectivity index (χ2n) is 8.65. The number of rotatable bonds is 2. The van der Waals surface area contributed by atoms with Gasteiger partial charge in [0.1, 0.15) is 11.5 Å². The number of imidazole rings is 1. The van der Waals surface area contributed by atoms with Crippen molar-refractivity contribution >= 4 is 29.2 Å². The van der Waals surface area contributed by atoms with Crippen LogP contribution in [0.25, 0.3) is 5.65 Å². The number of urea groups is 1. The van der Waals surface area contributed by atoms with Crippen molar-refractivity contribution in [3.05, 3.63) is 95.2 Å². The van der Waals surface area contributed by atoms with E-state index in [4.69, 9.17) is 0 Å². The van der Waals surface area contributed by atoms with Gasteiger partial charge in [-0.15, -0.1) is 5.10 Å². The van der Waals surface area contributed by atoms with Crippen LogP contribution in [0.1, 0.15) is 34.8 Å². The molecule has 202 valence electrons. The third kappa shape index (κ3) is 5.60. The van der Waals surface area contributed by atoms with Crippen molar-refractivity contribution in [3.63, 3.8) is 0 Å². The molecule has 0 aliphatic carbocycles. The summed E-state index contributed by atoms with van der Waals surface area (Å²) in [5.74, 6) is 2.29. The molecule has 0 unspecified atom stereocenters. The number of esters is 1. The van der Waals surface area contributed by atoms with E-state index in [-0.39, 0.29) is 12.0 Å². The minimum atomic E-state index is -5.26. The molecule has 0 bridgehead atoms. The van der Waals surface area contributed by atoms with Crippen LogP contribution in [0.3, 0.4) is 0 Å². The van der Waals surface area contributed by atoms with Gasteiger partial charge < -0.3 is 10.1 Å². The number of benzene rings is 2. The fourth-order valence-electron chi connectivity index (χ4n) is 3.93. The van der Waals surface area contributed by atoms with Gasteiger partial charge in [0.2, 0.25) is 5.90 Å². The summed E-state index contributed by atoms with van der Waals surface area (Å²) in [5.41, 5.74) is 3.12. The lowest BCUT2D eigenvalue weighted by Gasteiger charge is -2.22. The van der Waals surface area contributed by atoms with Gasteiger partial charge in [0.15, 0.2) is 5.65 Å². The smallest absolute Gasteiger partial charge is 0.403 e. The second-order valence-corrected chi connectivity index (χ2v) is 8.65. The van der Waals surface area contributed by atoms with Crippen molar-refractivity contribution in [2.75, 3.05) is 5.32 Å². The molecule has 4 aromatic rings. The zero-order valence-electron chi connectivity index (χ0n) is 20.6. The lowest BCUT2D eigenvalue weighted by atomic mass is 10.0. The number of fused-ring (bicyclic) bond motifs is 1. The summed E-state index contributed by atoms with van der Waals surface area (Å²) >= 11 is 0. The van der Waals surface area contributed by atoms with Crippen molar-refractivity contribution in [2.24, 2.45) is 5.10 Å². The van der Waals surface area contributed by atoms with E-state index < -0.39 is 35.9 Å². The molecule has 0 fully saturated rings. The van der Waals surface area contributed by atoms with E-state index in [0.29, 0.717) is 22.6 Å². The number of halogens is 4. The van der Waals surface area contributed by atoms with Gasteiger partial charge in [0.05, 0.1) is 18.7 Å². The van der Waals surface area contributed by atoms with Gasteiger partial charge in [0, 0.05) is 17.4 Å². The SMILES string of the molecule is Cc1ccc(NC(=O)N2N=C(OC(=O)C(F)(F)F)C[C@@H]2c2cccc(F)c2)cc1C#Cc1cnc2cccnn12. The molecule has 0 saturated carbocycles. The first-order valence-electron chi connectivity index (χ1n) is 11.7. The monoisotopic (exact) mass is 550 g/mol. The summed E-state index contributed by atoms with van der Waals surface area (Å²) < 4.78 is 58.0. The predicted octanol–water partition coefficient (Wildman–Crippen LogP) is 4.97. The molecule has 0 saturated heterocycles. The standard InChI is InChI=1S/C27H18F4N6O3/c1-16-7-9-20(13-17(16)8-10-21-15-32-23-6-3-11-33-36(21)23)34-26(39)37-22(18-4-2-5-19(28)12-18)14-24(35-37)40-25(38)27(29,30)31/h2-7,9,11-13,15,22H,14H2,1H3,(H,34,39)/t22-/m1/s1.